The zero-order valence-electron chi connectivity index (χ0n) is 20.4. The van der Waals surface area contributed by atoms with Gasteiger partial charge in [-0.25, -0.2) is 0 Å². The molecule has 0 radical (unpaired) electrons. The van der Waals surface area contributed by atoms with E-state index in [4.69, 9.17) is 13.7 Å². The molecular weight excluding hydrogens is 418 g/mol. The third-order valence-corrected chi connectivity index (χ3v) is 6.06. The fraction of sp³-hybridized carbons (Fsp3) is 0.500. The predicted molar refractivity (Wildman–Crippen MR) is 130 cm³/mol. The molecule has 1 aromatic carbocycles. The van der Waals surface area contributed by atoms with E-state index < -0.39 is 6.10 Å². The van der Waals surface area contributed by atoms with E-state index in [9.17, 15) is 5.11 Å². The Hall–Kier alpha value is -2.61. The Morgan fingerprint density at radius 1 is 1.09 bits per heavy atom. The average molecular weight is 456 g/mol. The van der Waals surface area contributed by atoms with E-state index in [1.54, 1.807) is 6.26 Å². The number of rotatable bonds is 13. The first-order chi connectivity index (χ1) is 15.9. The fourth-order valence-electron chi connectivity index (χ4n) is 3.65. The Morgan fingerprint density at radius 3 is 2.48 bits per heavy atom. The van der Waals surface area contributed by atoms with Gasteiger partial charge in [0.25, 0.3) is 0 Å². The summed E-state index contributed by atoms with van der Waals surface area (Å²) in [6.45, 7) is 10.3. The fourth-order valence-corrected chi connectivity index (χ4v) is 3.65. The largest absolute Gasteiger partial charge is 0.467 e. The first-order valence-corrected chi connectivity index (χ1v) is 11.7. The van der Waals surface area contributed by atoms with Crippen molar-refractivity contribution in [2.45, 2.75) is 65.5 Å². The lowest BCUT2D eigenvalue weighted by Crippen LogP contribution is -2.40. The van der Waals surface area contributed by atoms with Crippen molar-refractivity contribution in [1.82, 2.24) is 10.1 Å². The van der Waals surface area contributed by atoms with E-state index in [1.165, 1.54) is 0 Å². The van der Waals surface area contributed by atoms with Crippen LogP contribution in [0.15, 0.2) is 57.7 Å². The summed E-state index contributed by atoms with van der Waals surface area (Å²) >= 11 is 0. The van der Waals surface area contributed by atoms with Crippen LogP contribution in [-0.2, 0) is 17.9 Å². The molecule has 180 valence electrons. The predicted octanol–water partition coefficient (Wildman–Crippen LogP) is 4.96. The highest BCUT2D eigenvalue weighted by Crippen LogP contribution is 2.33. The SMILES string of the molecule is CC[C@@H](C)N(Cc1c(-c2ccccc2)noc1N(C)C(C)C)C[C@H](O)COCc1ccco1. The van der Waals surface area contributed by atoms with E-state index in [1.807, 2.05) is 49.5 Å². The first kappa shape index (κ1) is 25.0. The van der Waals surface area contributed by atoms with Crippen molar-refractivity contribution in [2.75, 3.05) is 25.1 Å². The Bertz CT molecular complexity index is 940. The summed E-state index contributed by atoms with van der Waals surface area (Å²) in [7, 11) is 2.02. The number of hydrogen-bond acceptors (Lipinski definition) is 7. The number of benzene rings is 1. The van der Waals surface area contributed by atoms with Gasteiger partial charge in [0.2, 0.25) is 5.88 Å². The maximum absolute atomic E-state index is 10.7. The normalized spacial score (nSPS) is 13.6. The molecule has 2 atom stereocenters. The van der Waals surface area contributed by atoms with Crippen LogP contribution in [0, 0.1) is 0 Å². The molecule has 0 aliphatic carbocycles. The van der Waals surface area contributed by atoms with Crippen LogP contribution in [-0.4, -0.2) is 53.6 Å². The maximum Gasteiger partial charge on any atom is 0.232 e. The number of hydrogen-bond donors (Lipinski definition) is 1. The van der Waals surface area contributed by atoms with E-state index in [2.05, 4.69) is 42.7 Å². The van der Waals surface area contributed by atoms with Crippen molar-refractivity contribution >= 4 is 5.88 Å². The van der Waals surface area contributed by atoms with Gasteiger partial charge in [0.1, 0.15) is 18.1 Å². The first-order valence-electron chi connectivity index (χ1n) is 11.7. The Kier molecular flexibility index (Phi) is 9.11. The lowest BCUT2D eigenvalue weighted by molar-refractivity contribution is -0.00269. The second kappa shape index (κ2) is 12.0. The molecule has 3 aromatic rings. The van der Waals surface area contributed by atoms with Crippen LogP contribution < -0.4 is 4.90 Å². The van der Waals surface area contributed by atoms with Gasteiger partial charge in [-0.2, -0.15) is 0 Å². The van der Waals surface area contributed by atoms with Gasteiger partial charge in [0, 0.05) is 37.8 Å². The molecule has 1 N–H and O–H groups in total. The minimum absolute atomic E-state index is 0.238. The van der Waals surface area contributed by atoms with E-state index >= 15 is 0 Å². The molecule has 0 bridgehead atoms. The molecule has 2 heterocycles. The molecule has 3 rings (SSSR count). The maximum atomic E-state index is 10.7. The van der Waals surface area contributed by atoms with Gasteiger partial charge < -0.3 is 23.7 Å². The van der Waals surface area contributed by atoms with Crippen LogP contribution in [0.2, 0.25) is 0 Å². The van der Waals surface area contributed by atoms with Gasteiger partial charge >= 0.3 is 0 Å². The number of anilines is 1. The topological polar surface area (TPSA) is 75.1 Å². The van der Waals surface area contributed by atoms with Crippen LogP contribution in [0.3, 0.4) is 0 Å². The summed E-state index contributed by atoms with van der Waals surface area (Å²) in [5.74, 6) is 1.51. The molecule has 0 spiro atoms. The van der Waals surface area contributed by atoms with Crippen LogP contribution >= 0.6 is 0 Å². The van der Waals surface area contributed by atoms with Crippen molar-refractivity contribution in [2.24, 2.45) is 0 Å². The van der Waals surface area contributed by atoms with E-state index in [0.29, 0.717) is 19.7 Å². The number of furan rings is 1. The highest BCUT2D eigenvalue weighted by Gasteiger charge is 2.26. The number of nitrogens with zero attached hydrogens (tertiary/aromatic N) is 3. The quantitative estimate of drug-likeness (QED) is 0.390. The third kappa shape index (κ3) is 6.69. The van der Waals surface area contributed by atoms with Gasteiger partial charge in [0.15, 0.2) is 0 Å². The van der Waals surface area contributed by atoms with Crippen molar-refractivity contribution in [3.63, 3.8) is 0 Å². The smallest absolute Gasteiger partial charge is 0.232 e. The van der Waals surface area contributed by atoms with Gasteiger partial charge in [-0.05, 0) is 39.3 Å². The van der Waals surface area contributed by atoms with Crippen LogP contribution in [0.25, 0.3) is 11.3 Å². The molecule has 7 heteroatoms. The summed E-state index contributed by atoms with van der Waals surface area (Å²) < 4.78 is 16.8. The highest BCUT2D eigenvalue weighted by atomic mass is 16.5. The van der Waals surface area contributed by atoms with Crippen molar-refractivity contribution < 1.29 is 18.8 Å². The lowest BCUT2D eigenvalue weighted by atomic mass is 10.1. The van der Waals surface area contributed by atoms with Gasteiger partial charge in [-0.1, -0.05) is 42.4 Å². The summed E-state index contributed by atoms with van der Waals surface area (Å²) in [4.78, 5) is 4.38. The zero-order valence-corrected chi connectivity index (χ0v) is 20.4. The molecule has 0 saturated carbocycles. The van der Waals surface area contributed by atoms with Crippen LogP contribution in [0.4, 0.5) is 5.88 Å². The minimum Gasteiger partial charge on any atom is -0.467 e. The molecular formula is C26H37N3O4. The number of aromatic nitrogens is 1. The molecule has 0 fully saturated rings. The second-order valence-corrected chi connectivity index (χ2v) is 8.82. The molecule has 2 aromatic heterocycles. The zero-order chi connectivity index (χ0) is 23.8. The number of aliphatic hydroxyl groups is 1. The molecule has 0 aliphatic rings. The van der Waals surface area contributed by atoms with Gasteiger partial charge in [-0.3, -0.25) is 4.90 Å². The molecule has 0 aliphatic heterocycles. The minimum atomic E-state index is -0.625. The second-order valence-electron chi connectivity index (χ2n) is 8.82. The third-order valence-electron chi connectivity index (χ3n) is 6.06. The average Bonchev–Trinajstić information content (AvgIpc) is 3.48. The number of aliphatic hydroxyl groups excluding tert-OH is 1. The van der Waals surface area contributed by atoms with E-state index in [-0.39, 0.29) is 18.7 Å². The molecule has 0 amide bonds. The Balaban J connectivity index is 1.79. The van der Waals surface area contributed by atoms with Crippen molar-refractivity contribution in [3.8, 4) is 11.3 Å². The number of ether oxygens (including phenoxy) is 1. The standard InChI is InChI=1S/C26H37N3O4/c1-6-20(4)29(15-22(30)17-31-18-23-13-10-14-32-23)16-24-25(21-11-8-7-9-12-21)27-33-26(24)28(5)19(2)3/h7-14,19-20,22,30H,6,15-18H2,1-5H3/t20-,22+/m1/s1. The van der Waals surface area contributed by atoms with Gasteiger partial charge in [-0.15, -0.1) is 0 Å². The molecule has 33 heavy (non-hydrogen) atoms. The molecule has 0 saturated heterocycles. The van der Waals surface area contributed by atoms with Crippen molar-refractivity contribution in [1.29, 1.82) is 0 Å². The summed E-state index contributed by atoms with van der Waals surface area (Å²) in [5, 5.41) is 15.2. The monoisotopic (exact) mass is 455 g/mol. The van der Waals surface area contributed by atoms with Crippen LogP contribution in [0.1, 0.15) is 45.4 Å². The molecule has 7 nitrogen and oxygen atoms in total. The Morgan fingerprint density at radius 2 is 1.85 bits per heavy atom. The molecule has 0 unspecified atom stereocenters. The van der Waals surface area contributed by atoms with E-state index in [0.717, 1.165) is 34.9 Å². The summed E-state index contributed by atoms with van der Waals surface area (Å²) in [6.07, 6.45) is 1.95. The Labute approximate surface area is 196 Å². The summed E-state index contributed by atoms with van der Waals surface area (Å²) in [5.41, 5.74) is 2.89. The lowest BCUT2D eigenvalue weighted by Gasteiger charge is -2.31. The van der Waals surface area contributed by atoms with Crippen molar-refractivity contribution in [3.05, 3.63) is 60.1 Å². The van der Waals surface area contributed by atoms with Gasteiger partial charge in [0.05, 0.1) is 24.5 Å². The van der Waals surface area contributed by atoms with Crippen LogP contribution in [0.5, 0.6) is 0 Å². The summed E-state index contributed by atoms with van der Waals surface area (Å²) in [6, 6.07) is 14.3. The highest BCUT2D eigenvalue weighted by molar-refractivity contribution is 5.68.